The molecule has 3 N–H and O–H groups in total. The summed E-state index contributed by atoms with van der Waals surface area (Å²) in [6.07, 6.45) is 0.395. The zero-order chi connectivity index (χ0) is 14.8. The third kappa shape index (κ3) is 4.17. The van der Waals surface area contributed by atoms with E-state index in [2.05, 4.69) is 0 Å². The number of aliphatic carboxylic acids is 1. The van der Waals surface area contributed by atoms with Crippen LogP contribution in [0.25, 0.3) is 0 Å². The molecule has 0 spiro atoms. The van der Waals surface area contributed by atoms with E-state index in [1.165, 1.54) is 4.90 Å². The lowest BCUT2D eigenvalue weighted by Gasteiger charge is -2.40. The van der Waals surface area contributed by atoms with Crippen LogP contribution in [0.1, 0.15) is 26.7 Å². The Bertz CT molecular complexity index is 462. The molecule has 3 atom stereocenters. The van der Waals surface area contributed by atoms with E-state index in [1.807, 2.05) is 0 Å². The minimum Gasteiger partial charge on any atom is -0.481 e. The molecule has 0 aromatic heterocycles. The van der Waals surface area contributed by atoms with Gasteiger partial charge in [0.2, 0.25) is 15.9 Å². The Kier molecular flexibility index (Phi) is 4.92. The molecule has 1 amide bonds. The number of likely N-dealkylation sites (tertiary alicyclic amines) is 1. The maximum atomic E-state index is 11.9. The molecule has 19 heavy (non-hydrogen) atoms. The van der Waals surface area contributed by atoms with Crippen molar-refractivity contribution in [1.82, 2.24) is 4.90 Å². The number of carbonyl (C=O) groups is 2. The molecule has 0 bridgehead atoms. The first-order valence-corrected chi connectivity index (χ1v) is 7.87. The zero-order valence-corrected chi connectivity index (χ0v) is 11.9. The predicted octanol–water partition coefficient (Wildman–Crippen LogP) is -0.377. The van der Waals surface area contributed by atoms with Gasteiger partial charge in [0.25, 0.3) is 0 Å². The molecular weight excluding hydrogens is 272 g/mol. The monoisotopic (exact) mass is 292 g/mol. The average molecular weight is 292 g/mol. The highest BCUT2D eigenvalue weighted by Gasteiger charge is 2.41. The summed E-state index contributed by atoms with van der Waals surface area (Å²) in [6, 6.07) is -0.436. The van der Waals surface area contributed by atoms with Crippen molar-refractivity contribution in [3.63, 3.8) is 0 Å². The van der Waals surface area contributed by atoms with Crippen LogP contribution < -0.4 is 5.14 Å². The largest absolute Gasteiger partial charge is 0.481 e. The highest BCUT2D eigenvalue weighted by Crippen LogP contribution is 2.30. The van der Waals surface area contributed by atoms with Gasteiger partial charge in [-0.15, -0.1) is 0 Å². The molecule has 7 nitrogen and oxygen atoms in total. The number of carboxylic acid groups (broad SMARTS) is 1. The molecule has 0 aromatic carbocycles. The molecule has 1 saturated heterocycles. The summed E-state index contributed by atoms with van der Waals surface area (Å²) in [5.74, 6) is -2.10. The number of amides is 1. The van der Waals surface area contributed by atoms with Crippen molar-refractivity contribution in [3.05, 3.63) is 0 Å². The molecule has 1 fully saturated rings. The molecule has 0 saturated carbocycles. The minimum absolute atomic E-state index is 0.132. The van der Waals surface area contributed by atoms with Crippen molar-refractivity contribution in [2.75, 3.05) is 12.3 Å². The molecule has 1 aliphatic heterocycles. The maximum absolute atomic E-state index is 11.9. The van der Waals surface area contributed by atoms with E-state index < -0.39 is 28.0 Å². The summed E-state index contributed by atoms with van der Waals surface area (Å²) in [7, 11) is -3.55. The Balaban J connectivity index is 2.71. The number of primary sulfonamides is 1. The van der Waals surface area contributed by atoms with Crippen LogP contribution in [0.15, 0.2) is 0 Å². The molecule has 110 valence electrons. The molecule has 8 heteroatoms. The standard InChI is InChI=1S/C11H20N2O5S/c1-7-6-9(14)13(4-3-5-19(12,17)18)8(2)10(7)11(15)16/h7-8,10H,3-6H2,1-2H3,(H,15,16)(H2,12,17,18). The first kappa shape index (κ1) is 15.9. The Hall–Kier alpha value is -1.15. The number of rotatable bonds is 5. The fourth-order valence-corrected chi connectivity index (χ4v) is 3.16. The van der Waals surface area contributed by atoms with E-state index >= 15 is 0 Å². The SMILES string of the molecule is CC1CC(=O)N(CCCS(N)(=O)=O)C(C)C1C(=O)O. The van der Waals surface area contributed by atoms with E-state index in [0.29, 0.717) is 0 Å². The Labute approximate surface area is 112 Å². The maximum Gasteiger partial charge on any atom is 0.308 e. The lowest BCUT2D eigenvalue weighted by Crippen LogP contribution is -2.53. The van der Waals surface area contributed by atoms with Crippen LogP contribution in [0.2, 0.25) is 0 Å². The smallest absolute Gasteiger partial charge is 0.308 e. The quantitative estimate of drug-likeness (QED) is 0.716. The molecule has 0 radical (unpaired) electrons. The number of piperidine rings is 1. The second-order valence-electron chi connectivity index (χ2n) is 5.09. The number of nitrogens with zero attached hydrogens (tertiary/aromatic N) is 1. The lowest BCUT2D eigenvalue weighted by atomic mass is 9.81. The van der Waals surface area contributed by atoms with Gasteiger partial charge >= 0.3 is 5.97 Å². The highest BCUT2D eigenvalue weighted by molar-refractivity contribution is 7.89. The van der Waals surface area contributed by atoms with Gasteiger partial charge in [0.15, 0.2) is 0 Å². The predicted molar refractivity (Wildman–Crippen MR) is 68.7 cm³/mol. The molecule has 0 aromatic rings. The van der Waals surface area contributed by atoms with Crippen molar-refractivity contribution >= 4 is 21.9 Å². The number of nitrogens with two attached hydrogens (primary N) is 1. The van der Waals surface area contributed by atoms with Crippen LogP contribution in [-0.2, 0) is 19.6 Å². The van der Waals surface area contributed by atoms with E-state index in [1.54, 1.807) is 13.8 Å². The van der Waals surface area contributed by atoms with Crippen LogP contribution in [0, 0.1) is 11.8 Å². The number of hydrogen-bond donors (Lipinski definition) is 2. The Morgan fingerprint density at radius 3 is 2.53 bits per heavy atom. The lowest BCUT2D eigenvalue weighted by molar-refractivity contribution is -0.154. The molecule has 0 aliphatic carbocycles. The second kappa shape index (κ2) is 5.87. The van der Waals surface area contributed by atoms with E-state index in [-0.39, 0.29) is 37.0 Å². The summed E-state index contributed by atoms with van der Waals surface area (Å²) in [5.41, 5.74) is 0. The van der Waals surface area contributed by atoms with Crippen molar-refractivity contribution < 1.29 is 23.1 Å². The Morgan fingerprint density at radius 1 is 1.47 bits per heavy atom. The van der Waals surface area contributed by atoms with Gasteiger partial charge in [-0.05, 0) is 19.3 Å². The molecule has 3 unspecified atom stereocenters. The van der Waals surface area contributed by atoms with E-state index in [4.69, 9.17) is 5.14 Å². The summed E-state index contributed by atoms with van der Waals surface area (Å²) in [6.45, 7) is 3.64. The van der Waals surface area contributed by atoms with Gasteiger partial charge in [0, 0.05) is 19.0 Å². The summed E-state index contributed by atoms with van der Waals surface area (Å²) in [5, 5.41) is 14.1. The number of carboxylic acids is 1. The molecule has 1 aliphatic rings. The third-order valence-electron chi connectivity index (χ3n) is 3.55. The first-order valence-electron chi connectivity index (χ1n) is 6.16. The van der Waals surface area contributed by atoms with Crippen molar-refractivity contribution in [2.24, 2.45) is 17.0 Å². The van der Waals surface area contributed by atoms with Crippen molar-refractivity contribution in [2.45, 2.75) is 32.7 Å². The normalized spacial score (nSPS) is 28.5. The van der Waals surface area contributed by atoms with Gasteiger partial charge in [0.1, 0.15) is 0 Å². The van der Waals surface area contributed by atoms with Crippen LogP contribution in [0.3, 0.4) is 0 Å². The van der Waals surface area contributed by atoms with Gasteiger partial charge in [-0.3, -0.25) is 9.59 Å². The van der Waals surface area contributed by atoms with Gasteiger partial charge < -0.3 is 10.0 Å². The fourth-order valence-electron chi connectivity index (χ4n) is 2.63. The second-order valence-corrected chi connectivity index (χ2v) is 6.83. The number of hydrogen-bond acceptors (Lipinski definition) is 4. The molecule has 1 rings (SSSR count). The first-order chi connectivity index (χ1) is 8.63. The van der Waals surface area contributed by atoms with Crippen molar-refractivity contribution in [3.8, 4) is 0 Å². The van der Waals surface area contributed by atoms with E-state index in [9.17, 15) is 23.1 Å². The summed E-state index contributed by atoms with van der Waals surface area (Å²) < 4.78 is 21.7. The van der Waals surface area contributed by atoms with E-state index in [0.717, 1.165) is 0 Å². The van der Waals surface area contributed by atoms with Crippen LogP contribution >= 0.6 is 0 Å². The third-order valence-corrected chi connectivity index (χ3v) is 4.41. The van der Waals surface area contributed by atoms with Gasteiger partial charge in [0.05, 0.1) is 11.7 Å². The van der Waals surface area contributed by atoms with Gasteiger partial charge in [-0.1, -0.05) is 6.92 Å². The van der Waals surface area contributed by atoms with Gasteiger partial charge in [-0.2, -0.15) is 0 Å². The summed E-state index contributed by atoms with van der Waals surface area (Å²) in [4.78, 5) is 24.5. The van der Waals surface area contributed by atoms with Crippen LogP contribution in [0.5, 0.6) is 0 Å². The minimum atomic E-state index is -3.55. The van der Waals surface area contributed by atoms with Crippen molar-refractivity contribution in [1.29, 1.82) is 0 Å². The number of sulfonamides is 1. The van der Waals surface area contributed by atoms with Crippen LogP contribution in [0.4, 0.5) is 0 Å². The molecular formula is C11H20N2O5S. The summed E-state index contributed by atoms with van der Waals surface area (Å²) >= 11 is 0. The zero-order valence-electron chi connectivity index (χ0n) is 11.1. The number of carbonyl (C=O) groups excluding carboxylic acids is 1. The Morgan fingerprint density at radius 2 is 2.05 bits per heavy atom. The van der Waals surface area contributed by atoms with Crippen LogP contribution in [-0.4, -0.2) is 48.6 Å². The fraction of sp³-hybridized carbons (Fsp3) is 0.818. The molecule has 1 heterocycles. The average Bonchev–Trinajstić information content (AvgIpc) is 2.20. The van der Waals surface area contributed by atoms with Gasteiger partial charge in [-0.25, -0.2) is 13.6 Å². The topological polar surface area (TPSA) is 118 Å². The highest BCUT2D eigenvalue weighted by atomic mass is 32.2.